The number of nitrogens with zero attached hydrogens (tertiary/aromatic N) is 1. The van der Waals surface area contributed by atoms with E-state index in [0.29, 0.717) is 5.69 Å². The highest BCUT2D eigenvalue weighted by Gasteiger charge is 2.20. The predicted molar refractivity (Wildman–Crippen MR) is 82.3 cm³/mol. The van der Waals surface area contributed by atoms with Gasteiger partial charge in [0.15, 0.2) is 0 Å². The third-order valence-corrected chi connectivity index (χ3v) is 4.39. The van der Waals surface area contributed by atoms with Crippen molar-refractivity contribution in [2.24, 2.45) is 11.8 Å². The maximum absolute atomic E-state index is 11.0. The second kappa shape index (κ2) is 6.93. The molecule has 1 aliphatic carbocycles. The summed E-state index contributed by atoms with van der Waals surface area (Å²) in [6, 6.07) is 5.00. The van der Waals surface area contributed by atoms with Gasteiger partial charge in [0, 0.05) is 6.54 Å². The van der Waals surface area contributed by atoms with Gasteiger partial charge in [-0.1, -0.05) is 43.9 Å². The van der Waals surface area contributed by atoms with Crippen LogP contribution in [0.3, 0.4) is 0 Å². The zero-order valence-electron chi connectivity index (χ0n) is 11.8. The van der Waals surface area contributed by atoms with Gasteiger partial charge in [0.1, 0.15) is 10.7 Å². The molecule has 2 rings (SSSR count). The molecule has 1 aliphatic rings. The summed E-state index contributed by atoms with van der Waals surface area (Å²) in [5, 5.41) is 14.4. The summed E-state index contributed by atoms with van der Waals surface area (Å²) >= 11 is 5.89. The Kier molecular flexibility index (Phi) is 5.24. The molecule has 0 bridgehead atoms. The summed E-state index contributed by atoms with van der Waals surface area (Å²) in [6.45, 7) is 3.07. The number of nitrogens with one attached hydrogen (secondary N) is 1. The molecular weight excluding hydrogens is 276 g/mol. The lowest BCUT2D eigenvalue weighted by atomic mass is 9.81. The largest absolute Gasteiger partial charge is 0.379 e. The number of hydrogen-bond acceptors (Lipinski definition) is 3. The van der Waals surface area contributed by atoms with Crippen LogP contribution >= 0.6 is 11.6 Å². The molecular formula is C15H21ClN2O2. The van der Waals surface area contributed by atoms with Gasteiger partial charge in [0.25, 0.3) is 0 Å². The summed E-state index contributed by atoms with van der Waals surface area (Å²) in [4.78, 5) is 10.6. The molecule has 0 spiro atoms. The van der Waals surface area contributed by atoms with E-state index >= 15 is 0 Å². The van der Waals surface area contributed by atoms with Crippen molar-refractivity contribution in [2.75, 3.05) is 11.9 Å². The van der Waals surface area contributed by atoms with Crippen LogP contribution in [0.1, 0.15) is 39.0 Å². The van der Waals surface area contributed by atoms with Crippen LogP contribution in [0.5, 0.6) is 0 Å². The van der Waals surface area contributed by atoms with Gasteiger partial charge in [-0.25, -0.2) is 0 Å². The molecule has 1 saturated carbocycles. The summed E-state index contributed by atoms with van der Waals surface area (Å²) < 4.78 is 0. The lowest BCUT2D eigenvalue weighted by Crippen LogP contribution is -2.16. The number of hydrogen-bond donors (Lipinski definition) is 1. The Labute approximate surface area is 124 Å². The third kappa shape index (κ3) is 3.85. The lowest BCUT2D eigenvalue weighted by Gasteiger charge is -2.26. The van der Waals surface area contributed by atoms with Crippen molar-refractivity contribution in [3.63, 3.8) is 0 Å². The third-order valence-electron chi connectivity index (χ3n) is 4.08. The first-order valence-electron chi connectivity index (χ1n) is 7.24. The SMILES string of the molecule is CC1CCCC(CCNc2cccc(Cl)c2[N+](=O)[O-])C1. The van der Waals surface area contributed by atoms with Crippen molar-refractivity contribution in [2.45, 2.75) is 39.0 Å². The molecule has 1 aromatic rings. The summed E-state index contributed by atoms with van der Waals surface area (Å²) in [5.74, 6) is 1.55. The van der Waals surface area contributed by atoms with Gasteiger partial charge in [-0.05, 0) is 36.8 Å². The zero-order valence-corrected chi connectivity index (χ0v) is 12.5. The van der Waals surface area contributed by atoms with E-state index in [1.165, 1.54) is 25.7 Å². The van der Waals surface area contributed by atoms with Gasteiger partial charge in [-0.2, -0.15) is 0 Å². The van der Waals surface area contributed by atoms with Gasteiger partial charge in [0.2, 0.25) is 0 Å². The minimum absolute atomic E-state index is 0.0221. The van der Waals surface area contributed by atoms with Gasteiger partial charge in [-0.15, -0.1) is 0 Å². The molecule has 5 heteroatoms. The molecule has 0 aliphatic heterocycles. The molecule has 1 aromatic carbocycles. The maximum atomic E-state index is 11.0. The van der Waals surface area contributed by atoms with E-state index in [-0.39, 0.29) is 10.7 Å². The molecule has 1 fully saturated rings. The molecule has 1 N–H and O–H groups in total. The highest BCUT2D eigenvalue weighted by atomic mass is 35.5. The maximum Gasteiger partial charge on any atom is 0.310 e. The summed E-state index contributed by atoms with van der Waals surface area (Å²) in [6.07, 6.45) is 6.27. The fourth-order valence-corrected chi connectivity index (χ4v) is 3.32. The Balaban J connectivity index is 1.91. The van der Waals surface area contributed by atoms with E-state index in [4.69, 9.17) is 11.6 Å². The monoisotopic (exact) mass is 296 g/mol. The first-order valence-corrected chi connectivity index (χ1v) is 7.62. The lowest BCUT2D eigenvalue weighted by molar-refractivity contribution is -0.383. The van der Waals surface area contributed by atoms with E-state index in [0.717, 1.165) is 24.8 Å². The van der Waals surface area contributed by atoms with E-state index in [2.05, 4.69) is 12.2 Å². The highest BCUT2D eigenvalue weighted by molar-refractivity contribution is 6.33. The average Bonchev–Trinajstić information content (AvgIpc) is 2.38. The van der Waals surface area contributed by atoms with Crippen LogP contribution < -0.4 is 5.32 Å². The van der Waals surface area contributed by atoms with Crippen LogP contribution in [0.2, 0.25) is 5.02 Å². The van der Waals surface area contributed by atoms with Gasteiger partial charge in [-0.3, -0.25) is 10.1 Å². The molecule has 0 saturated heterocycles. The normalized spacial score (nSPS) is 22.5. The van der Waals surface area contributed by atoms with E-state index < -0.39 is 4.92 Å². The van der Waals surface area contributed by atoms with Crippen molar-refractivity contribution in [1.29, 1.82) is 0 Å². The van der Waals surface area contributed by atoms with Crippen LogP contribution in [0.15, 0.2) is 18.2 Å². The van der Waals surface area contributed by atoms with E-state index in [1.54, 1.807) is 18.2 Å². The van der Waals surface area contributed by atoms with Gasteiger partial charge in [0.05, 0.1) is 4.92 Å². The Morgan fingerprint density at radius 1 is 1.45 bits per heavy atom. The van der Waals surface area contributed by atoms with E-state index in [1.807, 2.05) is 0 Å². The fourth-order valence-electron chi connectivity index (χ4n) is 3.08. The van der Waals surface area contributed by atoms with Crippen molar-refractivity contribution >= 4 is 23.0 Å². The summed E-state index contributed by atoms with van der Waals surface area (Å²) in [5.41, 5.74) is 0.498. The standard InChI is InChI=1S/C15H21ClN2O2/c1-11-4-2-5-12(10-11)8-9-17-14-7-3-6-13(16)15(14)18(19)20/h3,6-7,11-12,17H,2,4-5,8-10H2,1H3. The van der Waals surface area contributed by atoms with Crippen molar-refractivity contribution in [3.05, 3.63) is 33.3 Å². The quantitative estimate of drug-likeness (QED) is 0.622. The number of halogens is 1. The molecule has 0 radical (unpaired) electrons. The first kappa shape index (κ1) is 15.1. The van der Waals surface area contributed by atoms with Crippen LogP contribution in [0, 0.1) is 22.0 Å². The minimum atomic E-state index is -0.423. The number of benzene rings is 1. The number of anilines is 1. The Morgan fingerprint density at radius 2 is 2.25 bits per heavy atom. The molecule has 20 heavy (non-hydrogen) atoms. The Hall–Kier alpha value is -1.29. The molecule has 0 aromatic heterocycles. The minimum Gasteiger partial charge on any atom is -0.379 e. The topological polar surface area (TPSA) is 55.2 Å². The molecule has 110 valence electrons. The highest BCUT2D eigenvalue weighted by Crippen LogP contribution is 2.33. The van der Waals surface area contributed by atoms with Gasteiger partial charge >= 0.3 is 5.69 Å². The molecule has 0 heterocycles. The summed E-state index contributed by atoms with van der Waals surface area (Å²) in [7, 11) is 0. The number of nitro benzene ring substituents is 1. The van der Waals surface area contributed by atoms with Gasteiger partial charge < -0.3 is 5.32 Å². The van der Waals surface area contributed by atoms with Crippen LogP contribution in [-0.2, 0) is 0 Å². The number of rotatable bonds is 5. The zero-order chi connectivity index (χ0) is 14.5. The first-order chi connectivity index (χ1) is 9.58. The van der Waals surface area contributed by atoms with Crippen molar-refractivity contribution in [1.82, 2.24) is 0 Å². The molecule has 0 amide bonds. The molecule has 2 atom stereocenters. The predicted octanol–water partition coefficient (Wildman–Crippen LogP) is 4.88. The second-order valence-electron chi connectivity index (χ2n) is 5.75. The van der Waals surface area contributed by atoms with E-state index in [9.17, 15) is 10.1 Å². The fraction of sp³-hybridized carbons (Fsp3) is 0.600. The average molecular weight is 297 g/mol. The molecule has 4 nitrogen and oxygen atoms in total. The van der Waals surface area contributed by atoms with Crippen LogP contribution in [0.25, 0.3) is 0 Å². The van der Waals surface area contributed by atoms with Crippen LogP contribution in [-0.4, -0.2) is 11.5 Å². The second-order valence-corrected chi connectivity index (χ2v) is 6.15. The van der Waals surface area contributed by atoms with Crippen molar-refractivity contribution < 1.29 is 4.92 Å². The Morgan fingerprint density at radius 3 is 2.95 bits per heavy atom. The number of para-hydroxylation sites is 1. The smallest absolute Gasteiger partial charge is 0.310 e. The Bertz CT molecular complexity index is 479. The van der Waals surface area contributed by atoms with Crippen LogP contribution in [0.4, 0.5) is 11.4 Å². The molecule has 2 unspecified atom stereocenters. The van der Waals surface area contributed by atoms with Crippen molar-refractivity contribution in [3.8, 4) is 0 Å². The number of nitro groups is 1.